The normalized spacial score (nSPS) is 32.8. The number of nitrogens with one attached hydrogen (secondary N) is 1. The zero-order valence-electron chi connectivity index (χ0n) is 11.0. The van der Waals surface area contributed by atoms with Crippen molar-refractivity contribution in [3.8, 4) is 0 Å². The minimum atomic E-state index is -0.584. The summed E-state index contributed by atoms with van der Waals surface area (Å²) in [6.45, 7) is 6.27. The van der Waals surface area contributed by atoms with Gasteiger partial charge < -0.3 is 15.3 Å². The molecule has 4 nitrogen and oxygen atoms in total. The van der Waals surface area contributed by atoms with Crippen molar-refractivity contribution in [2.75, 3.05) is 19.6 Å². The van der Waals surface area contributed by atoms with Crippen molar-refractivity contribution in [3.05, 3.63) is 0 Å². The van der Waals surface area contributed by atoms with Crippen molar-refractivity contribution in [1.29, 1.82) is 0 Å². The maximum atomic E-state index is 12.5. The second-order valence-corrected chi connectivity index (χ2v) is 5.76. The van der Waals surface area contributed by atoms with Gasteiger partial charge in [-0.3, -0.25) is 4.79 Å². The van der Waals surface area contributed by atoms with E-state index >= 15 is 0 Å². The summed E-state index contributed by atoms with van der Waals surface area (Å²) < 4.78 is 0. The van der Waals surface area contributed by atoms with Crippen LogP contribution in [0.15, 0.2) is 0 Å². The van der Waals surface area contributed by atoms with E-state index in [4.69, 9.17) is 0 Å². The highest BCUT2D eigenvalue weighted by atomic mass is 16.3. The molecule has 1 atom stereocenters. The number of hydrogen-bond donors (Lipinski definition) is 2. The van der Waals surface area contributed by atoms with E-state index in [1.54, 1.807) is 0 Å². The lowest BCUT2D eigenvalue weighted by molar-refractivity contribution is -0.141. The Kier molecular flexibility index (Phi) is 3.46. The number of likely N-dealkylation sites (tertiary alicyclic amines) is 1. The minimum Gasteiger partial charge on any atom is -0.390 e. The molecule has 0 spiro atoms. The van der Waals surface area contributed by atoms with Gasteiger partial charge >= 0.3 is 0 Å². The minimum absolute atomic E-state index is 0.244. The van der Waals surface area contributed by atoms with Gasteiger partial charge in [-0.1, -0.05) is 6.92 Å². The first-order chi connectivity index (χ1) is 7.99. The van der Waals surface area contributed by atoms with Crippen LogP contribution in [0.25, 0.3) is 0 Å². The fourth-order valence-electron chi connectivity index (χ4n) is 2.94. The molecule has 0 radical (unpaired) electrons. The Bertz CT molecular complexity index is 286. The van der Waals surface area contributed by atoms with Crippen molar-refractivity contribution in [1.82, 2.24) is 10.2 Å². The first-order valence-corrected chi connectivity index (χ1v) is 6.76. The van der Waals surface area contributed by atoms with Gasteiger partial charge in [0.05, 0.1) is 11.1 Å². The zero-order valence-corrected chi connectivity index (χ0v) is 11.0. The smallest absolute Gasteiger partial charge is 0.242 e. The Labute approximate surface area is 103 Å². The summed E-state index contributed by atoms with van der Waals surface area (Å²) in [6.07, 6.45) is 4.29. The molecule has 0 aromatic rings. The fraction of sp³-hybridized carbons (Fsp3) is 0.923. The molecule has 0 bridgehead atoms. The Morgan fingerprint density at radius 1 is 1.35 bits per heavy atom. The van der Waals surface area contributed by atoms with Crippen LogP contribution in [0.3, 0.4) is 0 Å². The SMILES string of the molecule is CCC1(C(=O)N2CCC(C)(O)CC2)CCCN1. The third kappa shape index (κ3) is 2.47. The summed E-state index contributed by atoms with van der Waals surface area (Å²) in [5.41, 5.74) is -0.900. The van der Waals surface area contributed by atoms with Gasteiger partial charge in [-0.2, -0.15) is 0 Å². The number of nitrogens with zero attached hydrogens (tertiary/aromatic N) is 1. The molecule has 0 aromatic heterocycles. The lowest BCUT2D eigenvalue weighted by Gasteiger charge is -2.40. The van der Waals surface area contributed by atoms with Crippen LogP contribution >= 0.6 is 0 Å². The maximum absolute atomic E-state index is 12.5. The number of piperidine rings is 1. The van der Waals surface area contributed by atoms with Crippen LogP contribution < -0.4 is 5.32 Å². The number of carbonyl (C=O) groups is 1. The molecule has 1 amide bonds. The van der Waals surface area contributed by atoms with Gasteiger partial charge in [0.2, 0.25) is 5.91 Å². The lowest BCUT2D eigenvalue weighted by Crippen LogP contribution is -2.57. The second kappa shape index (κ2) is 4.58. The molecule has 2 rings (SSSR count). The third-order valence-corrected chi connectivity index (χ3v) is 4.38. The van der Waals surface area contributed by atoms with E-state index in [2.05, 4.69) is 12.2 Å². The molecule has 4 heteroatoms. The summed E-state index contributed by atoms with van der Waals surface area (Å²) in [5.74, 6) is 0.244. The van der Waals surface area contributed by atoms with Crippen molar-refractivity contribution >= 4 is 5.91 Å². The summed E-state index contributed by atoms with van der Waals surface area (Å²) in [5, 5.41) is 13.3. The van der Waals surface area contributed by atoms with Gasteiger partial charge in [-0.25, -0.2) is 0 Å². The van der Waals surface area contributed by atoms with Crippen LogP contribution in [0.1, 0.15) is 46.0 Å². The monoisotopic (exact) mass is 240 g/mol. The summed E-state index contributed by atoms with van der Waals surface area (Å²) >= 11 is 0. The van der Waals surface area contributed by atoms with E-state index in [-0.39, 0.29) is 11.4 Å². The topological polar surface area (TPSA) is 52.6 Å². The highest BCUT2D eigenvalue weighted by Crippen LogP contribution is 2.28. The standard InChI is InChI=1S/C13H24N2O2/c1-3-13(5-4-8-14-13)11(16)15-9-6-12(2,17)7-10-15/h14,17H,3-10H2,1-2H3. The number of aliphatic hydroxyl groups is 1. The molecule has 2 fully saturated rings. The predicted octanol–water partition coefficient (Wildman–Crippen LogP) is 0.892. The molecule has 0 saturated carbocycles. The van der Waals surface area contributed by atoms with E-state index < -0.39 is 5.60 Å². The first kappa shape index (κ1) is 12.8. The Morgan fingerprint density at radius 3 is 2.47 bits per heavy atom. The maximum Gasteiger partial charge on any atom is 0.242 e. The molecular weight excluding hydrogens is 216 g/mol. The van der Waals surface area contributed by atoms with E-state index in [1.807, 2.05) is 11.8 Å². The molecule has 2 heterocycles. The highest BCUT2D eigenvalue weighted by Gasteiger charge is 2.43. The lowest BCUT2D eigenvalue weighted by atomic mass is 9.89. The Hall–Kier alpha value is -0.610. The number of hydrogen-bond acceptors (Lipinski definition) is 3. The molecular formula is C13H24N2O2. The van der Waals surface area contributed by atoms with Crippen LogP contribution in [0.2, 0.25) is 0 Å². The van der Waals surface area contributed by atoms with Crippen molar-refractivity contribution in [2.45, 2.75) is 57.1 Å². The molecule has 0 aliphatic carbocycles. The quantitative estimate of drug-likeness (QED) is 0.754. The van der Waals surface area contributed by atoms with E-state index in [9.17, 15) is 9.90 Å². The summed E-state index contributed by atoms with van der Waals surface area (Å²) in [7, 11) is 0. The van der Waals surface area contributed by atoms with Crippen LogP contribution in [-0.4, -0.2) is 46.7 Å². The predicted molar refractivity (Wildman–Crippen MR) is 66.7 cm³/mol. The highest BCUT2D eigenvalue weighted by molar-refractivity contribution is 5.86. The van der Waals surface area contributed by atoms with Gasteiger partial charge in [0.1, 0.15) is 0 Å². The van der Waals surface area contributed by atoms with Crippen molar-refractivity contribution < 1.29 is 9.90 Å². The molecule has 2 aliphatic rings. The molecule has 17 heavy (non-hydrogen) atoms. The molecule has 2 saturated heterocycles. The molecule has 1 unspecified atom stereocenters. The van der Waals surface area contributed by atoms with Crippen LogP contribution in [-0.2, 0) is 4.79 Å². The Balaban J connectivity index is 2.01. The fourth-order valence-corrected chi connectivity index (χ4v) is 2.94. The first-order valence-electron chi connectivity index (χ1n) is 6.76. The molecule has 0 aromatic carbocycles. The van der Waals surface area contributed by atoms with Gasteiger partial charge in [0.15, 0.2) is 0 Å². The summed E-state index contributed by atoms with van der Waals surface area (Å²) in [4.78, 5) is 14.5. The van der Waals surface area contributed by atoms with Gasteiger partial charge in [0, 0.05) is 13.1 Å². The van der Waals surface area contributed by atoms with Crippen LogP contribution in [0.4, 0.5) is 0 Å². The zero-order chi connectivity index (χ0) is 12.5. The van der Waals surface area contributed by atoms with Crippen LogP contribution in [0.5, 0.6) is 0 Å². The third-order valence-electron chi connectivity index (χ3n) is 4.38. The van der Waals surface area contributed by atoms with E-state index in [0.717, 1.165) is 25.8 Å². The number of rotatable bonds is 2. The average molecular weight is 240 g/mol. The average Bonchev–Trinajstić information content (AvgIpc) is 2.78. The van der Waals surface area contributed by atoms with Crippen molar-refractivity contribution in [2.24, 2.45) is 0 Å². The number of amides is 1. The van der Waals surface area contributed by atoms with Crippen LogP contribution in [0, 0.1) is 0 Å². The molecule has 98 valence electrons. The Morgan fingerprint density at radius 2 is 2.00 bits per heavy atom. The largest absolute Gasteiger partial charge is 0.390 e. The number of carbonyl (C=O) groups excluding carboxylic acids is 1. The van der Waals surface area contributed by atoms with Gasteiger partial charge in [0.25, 0.3) is 0 Å². The second-order valence-electron chi connectivity index (χ2n) is 5.76. The van der Waals surface area contributed by atoms with Crippen molar-refractivity contribution in [3.63, 3.8) is 0 Å². The van der Waals surface area contributed by atoms with Gasteiger partial charge in [-0.15, -0.1) is 0 Å². The molecule has 2 aliphatic heterocycles. The van der Waals surface area contributed by atoms with E-state index in [0.29, 0.717) is 25.9 Å². The molecule has 2 N–H and O–H groups in total. The van der Waals surface area contributed by atoms with E-state index in [1.165, 1.54) is 0 Å². The summed E-state index contributed by atoms with van der Waals surface area (Å²) in [6, 6.07) is 0. The van der Waals surface area contributed by atoms with Gasteiger partial charge in [-0.05, 0) is 45.6 Å².